The van der Waals surface area contributed by atoms with E-state index in [1.165, 1.54) is 6.92 Å². The van der Waals surface area contributed by atoms with Crippen LogP contribution in [0.3, 0.4) is 0 Å². The summed E-state index contributed by atoms with van der Waals surface area (Å²) in [7, 11) is 0. The highest BCUT2D eigenvalue weighted by Gasteiger charge is 2.16. The predicted molar refractivity (Wildman–Crippen MR) is 40.8 cm³/mol. The second-order valence-corrected chi connectivity index (χ2v) is 2.39. The second kappa shape index (κ2) is 5.30. The van der Waals surface area contributed by atoms with Crippen LogP contribution in [-0.4, -0.2) is 11.9 Å². The maximum absolute atomic E-state index is 10.8. The van der Waals surface area contributed by atoms with E-state index >= 15 is 0 Å². The summed E-state index contributed by atoms with van der Waals surface area (Å²) in [6.45, 7) is 3.20. The molecule has 4 nitrogen and oxygen atoms in total. The third-order valence-electron chi connectivity index (χ3n) is 1.22. The van der Waals surface area contributed by atoms with E-state index in [4.69, 9.17) is 5.26 Å². The fourth-order valence-electron chi connectivity index (χ4n) is 0.508. The maximum atomic E-state index is 10.8. The molecule has 4 heteroatoms. The van der Waals surface area contributed by atoms with E-state index in [1.807, 2.05) is 0 Å². The number of hydrogen-bond donors (Lipinski definition) is 0. The van der Waals surface area contributed by atoms with Crippen molar-refractivity contribution in [3.63, 3.8) is 0 Å². The second-order valence-electron chi connectivity index (χ2n) is 2.39. The first kappa shape index (κ1) is 10.6. The number of nitriles is 1. The van der Waals surface area contributed by atoms with E-state index in [2.05, 4.69) is 4.74 Å². The fraction of sp³-hybridized carbons (Fsp3) is 0.625. The molecule has 0 aromatic carbocycles. The van der Waals surface area contributed by atoms with Crippen molar-refractivity contribution in [2.24, 2.45) is 5.92 Å². The topological polar surface area (TPSA) is 67.2 Å². The van der Waals surface area contributed by atoms with Gasteiger partial charge in [-0.1, -0.05) is 6.92 Å². The highest BCUT2D eigenvalue weighted by molar-refractivity contribution is 5.87. The fourth-order valence-corrected chi connectivity index (χ4v) is 0.508. The van der Waals surface area contributed by atoms with Crippen molar-refractivity contribution in [1.82, 2.24) is 0 Å². The number of nitrogens with zero attached hydrogens (tertiary/aromatic N) is 1. The smallest absolute Gasteiger partial charge is 0.330 e. The molecule has 66 valence electrons. The molecule has 0 fully saturated rings. The molecule has 0 spiro atoms. The average molecular weight is 169 g/mol. The Morgan fingerprint density at radius 1 is 1.58 bits per heavy atom. The minimum atomic E-state index is -0.870. The van der Waals surface area contributed by atoms with Gasteiger partial charge in [0.15, 0.2) is 0 Å². The Hall–Kier alpha value is -1.37. The van der Waals surface area contributed by atoms with E-state index in [0.717, 1.165) is 0 Å². The van der Waals surface area contributed by atoms with Crippen LogP contribution in [0.25, 0.3) is 0 Å². The lowest BCUT2D eigenvalue weighted by Crippen LogP contribution is -2.17. The summed E-state index contributed by atoms with van der Waals surface area (Å²) in [5.41, 5.74) is 0. The molecular weight excluding hydrogens is 158 g/mol. The number of carbonyl (C=O) groups excluding carboxylic acids is 2. The number of hydrogen-bond acceptors (Lipinski definition) is 4. The van der Waals surface area contributed by atoms with Gasteiger partial charge in [0.1, 0.15) is 5.92 Å². The van der Waals surface area contributed by atoms with E-state index in [1.54, 1.807) is 13.0 Å². The van der Waals surface area contributed by atoms with Crippen molar-refractivity contribution in [1.29, 1.82) is 5.26 Å². The molecule has 1 unspecified atom stereocenters. The Bertz CT molecular complexity index is 217. The number of carbonyl (C=O) groups is 2. The Morgan fingerprint density at radius 2 is 2.17 bits per heavy atom. The van der Waals surface area contributed by atoms with Gasteiger partial charge in [-0.25, -0.2) is 0 Å². The van der Waals surface area contributed by atoms with Gasteiger partial charge in [-0.3, -0.25) is 9.59 Å². The number of esters is 2. The van der Waals surface area contributed by atoms with Crippen molar-refractivity contribution in [3.05, 3.63) is 0 Å². The van der Waals surface area contributed by atoms with Crippen LogP contribution in [-0.2, 0) is 14.3 Å². The van der Waals surface area contributed by atoms with Gasteiger partial charge in [-0.15, -0.1) is 0 Å². The van der Waals surface area contributed by atoms with Crippen LogP contribution in [0.15, 0.2) is 0 Å². The van der Waals surface area contributed by atoms with Gasteiger partial charge in [0.25, 0.3) is 0 Å². The summed E-state index contributed by atoms with van der Waals surface area (Å²) in [6.07, 6.45) is 0.844. The Balaban J connectivity index is 3.86. The molecule has 0 heterocycles. The Labute approximate surface area is 71.1 Å². The predicted octanol–water partition coefficient (Wildman–Crippen LogP) is 1.02. The van der Waals surface area contributed by atoms with Gasteiger partial charge in [-0.2, -0.15) is 5.26 Å². The zero-order valence-corrected chi connectivity index (χ0v) is 7.16. The van der Waals surface area contributed by atoms with Crippen LogP contribution in [0.2, 0.25) is 0 Å². The average Bonchev–Trinajstić information content (AvgIpc) is 2.03. The van der Waals surface area contributed by atoms with Crippen molar-refractivity contribution < 1.29 is 14.3 Å². The van der Waals surface area contributed by atoms with Crippen molar-refractivity contribution in [2.45, 2.75) is 26.7 Å². The normalized spacial score (nSPS) is 11.4. The van der Waals surface area contributed by atoms with Gasteiger partial charge in [0, 0.05) is 6.42 Å². The number of ether oxygens (including phenoxy) is 1. The van der Waals surface area contributed by atoms with E-state index in [-0.39, 0.29) is 6.42 Å². The van der Waals surface area contributed by atoms with E-state index in [9.17, 15) is 9.59 Å². The van der Waals surface area contributed by atoms with Gasteiger partial charge >= 0.3 is 11.9 Å². The molecule has 0 aromatic heterocycles. The van der Waals surface area contributed by atoms with E-state index in [0.29, 0.717) is 6.42 Å². The van der Waals surface area contributed by atoms with Crippen molar-refractivity contribution >= 4 is 11.9 Å². The maximum Gasteiger partial charge on any atom is 0.330 e. The van der Waals surface area contributed by atoms with Gasteiger partial charge < -0.3 is 4.74 Å². The lowest BCUT2D eigenvalue weighted by atomic mass is 10.2. The lowest BCUT2D eigenvalue weighted by molar-refractivity contribution is -0.161. The van der Waals surface area contributed by atoms with Crippen molar-refractivity contribution in [2.75, 3.05) is 0 Å². The van der Waals surface area contributed by atoms with Crippen LogP contribution in [0.1, 0.15) is 26.7 Å². The van der Waals surface area contributed by atoms with Crippen LogP contribution >= 0.6 is 0 Å². The summed E-state index contributed by atoms with van der Waals surface area (Å²) >= 11 is 0. The Morgan fingerprint density at radius 3 is 2.58 bits per heavy atom. The molecule has 0 aliphatic carbocycles. The molecule has 0 amide bonds. The summed E-state index contributed by atoms with van der Waals surface area (Å²) < 4.78 is 4.34. The molecule has 0 saturated carbocycles. The molecule has 12 heavy (non-hydrogen) atoms. The third kappa shape index (κ3) is 3.71. The van der Waals surface area contributed by atoms with Gasteiger partial charge in [0.05, 0.1) is 6.07 Å². The molecule has 0 aromatic rings. The molecule has 0 aliphatic rings. The zero-order chi connectivity index (χ0) is 9.56. The molecule has 1 atom stereocenters. The first-order chi connectivity index (χ1) is 5.61. The van der Waals surface area contributed by atoms with Crippen LogP contribution < -0.4 is 0 Å². The Kier molecular flexibility index (Phi) is 4.70. The molecule has 0 bridgehead atoms. The summed E-state index contributed by atoms with van der Waals surface area (Å²) in [5.74, 6) is -2.20. The molecule has 0 saturated heterocycles. The largest absolute Gasteiger partial charge is 0.392 e. The summed E-state index contributed by atoms with van der Waals surface area (Å²) in [6, 6.07) is 1.69. The first-order valence-corrected chi connectivity index (χ1v) is 3.76. The highest BCUT2D eigenvalue weighted by Crippen LogP contribution is 1.99. The van der Waals surface area contributed by atoms with Gasteiger partial charge in [-0.05, 0) is 13.3 Å². The minimum Gasteiger partial charge on any atom is -0.392 e. The molecular formula is C8H11NO3. The minimum absolute atomic E-state index is 0.212. The highest BCUT2D eigenvalue weighted by atomic mass is 16.6. The molecule has 0 aliphatic heterocycles. The molecule has 0 rings (SSSR count). The van der Waals surface area contributed by atoms with Crippen LogP contribution in [0.4, 0.5) is 0 Å². The van der Waals surface area contributed by atoms with Crippen LogP contribution in [0, 0.1) is 17.2 Å². The SMILES string of the molecule is CCCC(=O)OC(=O)C(C)C#N. The van der Waals surface area contributed by atoms with Crippen molar-refractivity contribution in [3.8, 4) is 6.07 Å². The summed E-state index contributed by atoms with van der Waals surface area (Å²) in [4.78, 5) is 21.5. The third-order valence-corrected chi connectivity index (χ3v) is 1.22. The van der Waals surface area contributed by atoms with E-state index < -0.39 is 17.9 Å². The monoisotopic (exact) mass is 169 g/mol. The standard InChI is InChI=1S/C8H11NO3/c1-3-4-7(10)12-8(11)6(2)5-9/h6H,3-4H2,1-2H3. The van der Waals surface area contributed by atoms with Gasteiger partial charge in [0.2, 0.25) is 0 Å². The number of rotatable bonds is 3. The molecule has 0 N–H and O–H groups in total. The zero-order valence-electron chi connectivity index (χ0n) is 7.16. The van der Waals surface area contributed by atoms with Crippen LogP contribution in [0.5, 0.6) is 0 Å². The molecule has 0 radical (unpaired) electrons. The first-order valence-electron chi connectivity index (χ1n) is 3.76. The summed E-state index contributed by atoms with van der Waals surface area (Å²) in [5, 5.41) is 8.29. The quantitative estimate of drug-likeness (QED) is 0.467. The lowest BCUT2D eigenvalue weighted by Gasteiger charge is -2.01.